The molecule has 2 saturated carbocycles. The van der Waals surface area contributed by atoms with E-state index in [1.54, 1.807) is 6.20 Å². The fourth-order valence-corrected chi connectivity index (χ4v) is 4.95. The summed E-state index contributed by atoms with van der Waals surface area (Å²) < 4.78 is 0. The highest BCUT2D eigenvalue weighted by Crippen LogP contribution is 2.66. The van der Waals surface area contributed by atoms with Crippen LogP contribution in [-0.2, 0) is 0 Å². The van der Waals surface area contributed by atoms with Crippen molar-refractivity contribution >= 4 is 22.6 Å². The number of aromatic amines is 1. The van der Waals surface area contributed by atoms with Crippen molar-refractivity contribution in [3.8, 4) is 0 Å². The molecule has 2 heterocycles. The summed E-state index contributed by atoms with van der Waals surface area (Å²) in [6.45, 7) is 7.16. The van der Waals surface area contributed by atoms with Crippen LogP contribution in [0.5, 0.6) is 0 Å². The molecule has 2 aromatic heterocycles. The molecule has 0 unspecified atom stereocenters. The van der Waals surface area contributed by atoms with Crippen LogP contribution in [0.3, 0.4) is 0 Å². The Balaban J connectivity index is 1.78. The maximum Gasteiger partial charge on any atom is 0.252 e. The fourth-order valence-electron chi connectivity index (χ4n) is 4.95. The van der Waals surface area contributed by atoms with Gasteiger partial charge in [0, 0.05) is 23.8 Å². The Bertz CT molecular complexity index is 793. The number of H-pyrrole nitrogens is 1. The molecule has 0 aromatic carbocycles. The molecule has 3 atom stereocenters. The Morgan fingerprint density at radius 2 is 2.22 bits per heavy atom. The number of carbonyl (C=O) groups is 1. The number of primary amides is 1. The summed E-state index contributed by atoms with van der Waals surface area (Å²) in [7, 11) is 0. The maximum absolute atomic E-state index is 11.9. The second-order valence-electron chi connectivity index (χ2n) is 7.96. The van der Waals surface area contributed by atoms with Crippen molar-refractivity contribution in [2.24, 2.45) is 22.5 Å². The van der Waals surface area contributed by atoms with Crippen molar-refractivity contribution in [2.45, 2.75) is 46.1 Å². The molecule has 4 rings (SSSR count). The first-order valence-corrected chi connectivity index (χ1v) is 8.37. The Hall–Kier alpha value is -2.04. The first kappa shape index (κ1) is 14.5. The van der Waals surface area contributed by atoms with E-state index in [2.05, 4.69) is 36.1 Å². The summed E-state index contributed by atoms with van der Waals surface area (Å²) in [4.78, 5) is 19.3. The van der Waals surface area contributed by atoms with Crippen molar-refractivity contribution in [2.75, 3.05) is 5.32 Å². The number of nitrogens with zero attached hydrogens (tertiary/aromatic N) is 1. The van der Waals surface area contributed by atoms with Gasteiger partial charge in [0.25, 0.3) is 5.91 Å². The summed E-state index contributed by atoms with van der Waals surface area (Å²) in [6.07, 6.45) is 7.11. The van der Waals surface area contributed by atoms with Crippen molar-refractivity contribution in [1.82, 2.24) is 9.97 Å². The minimum absolute atomic E-state index is 0.235. The van der Waals surface area contributed by atoms with Crippen molar-refractivity contribution in [3.05, 3.63) is 24.0 Å². The van der Waals surface area contributed by atoms with Crippen LogP contribution in [0.2, 0.25) is 0 Å². The van der Waals surface area contributed by atoms with Gasteiger partial charge >= 0.3 is 0 Å². The van der Waals surface area contributed by atoms with Crippen LogP contribution in [0.4, 0.5) is 5.69 Å². The largest absolute Gasteiger partial charge is 0.380 e. The van der Waals surface area contributed by atoms with Gasteiger partial charge < -0.3 is 16.0 Å². The first-order valence-electron chi connectivity index (χ1n) is 8.37. The molecule has 4 N–H and O–H groups in total. The van der Waals surface area contributed by atoms with Gasteiger partial charge in [-0.25, -0.2) is 4.98 Å². The van der Waals surface area contributed by atoms with E-state index in [-0.39, 0.29) is 5.41 Å². The lowest BCUT2D eigenvalue weighted by molar-refractivity contribution is 0.100. The molecule has 2 aliphatic carbocycles. The number of fused-ring (bicyclic) bond motifs is 3. The summed E-state index contributed by atoms with van der Waals surface area (Å²) >= 11 is 0. The van der Waals surface area contributed by atoms with E-state index in [0.717, 1.165) is 29.1 Å². The molecule has 0 aliphatic heterocycles. The maximum atomic E-state index is 11.9. The highest BCUT2D eigenvalue weighted by atomic mass is 16.1. The molecule has 5 heteroatoms. The molecular weight excluding hydrogens is 288 g/mol. The minimum atomic E-state index is -0.435. The number of rotatable bonds is 3. The van der Waals surface area contributed by atoms with Gasteiger partial charge in [-0.3, -0.25) is 4.79 Å². The molecule has 0 saturated heterocycles. The van der Waals surface area contributed by atoms with Gasteiger partial charge in [-0.2, -0.15) is 0 Å². The standard InChI is InChI=1S/C18H24N4O/c1-17(2)10-4-6-18(17,3)13(8-10)22-14-11-5-7-20-16(11)21-9-12(14)15(19)23/h5,7,9-10,13H,4,6,8H2,1-3H3,(H2,19,23)(H2,20,21,22)/t10-,13+,18+/m1/s1. The Morgan fingerprint density at radius 3 is 2.83 bits per heavy atom. The van der Waals surface area contributed by atoms with Crippen LogP contribution in [0.15, 0.2) is 18.5 Å². The highest BCUT2D eigenvalue weighted by Gasteiger charge is 2.61. The average Bonchev–Trinajstić information content (AvgIpc) is 3.10. The van der Waals surface area contributed by atoms with Crippen molar-refractivity contribution in [1.29, 1.82) is 0 Å². The number of hydrogen-bond acceptors (Lipinski definition) is 3. The molecule has 2 fully saturated rings. The molecule has 2 bridgehead atoms. The average molecular weight is 312 g/mol. The van der Waals surface area contributed by atoms with E-state index in [1.165, 1.54) is 12.8 Å². The van der Waals surface area contributed by atoms with Crippen molar-refractivity contribution in [3.63, 3.8) is 0 Å². The van der Waals surface area contributed by atoms with Gasteiger partial charge in [-0.1, -0.05) is 20.8 Å². The molecular formula is C18H24N4O. The lowest BCUT2D eigenvalue weighted by Crippen LogP contribution is -2.40. The first-order chi connectivity index (χ1) is 10.8. The van der Waals surface area contributed by atoms with Crippen LogP contribution in [0, 0.1) is 16.7 Å². The third kappa shape index (κ3) is 1.79. The topological polar surface area (TPSA) is 83.8 Å². The van der Waals surface area contributed by atoms with Gasteiger partial charge in [0.15, 0.2) is 0 Å². The number of carbonyl (C=O) groups excluding carboxylic acids is 1. The van der Waals surface area contributed by atoms with E-state index in [0.29, 0.717) is 17.0 Å². The predicted molar refractivity (Wildman–Crippen MR) is 91.3 cm³/mol. The predicted octanol–water partition coefficient (Wildman–Crippen LogP) is 3.29. The van der Waals surface area contributed by atoms with Gasteiger partial charge in [0.05, 0.1) is 11.3 Å². The SMILES string of the molecule is CC1(C)[C@@H]2CC[C@@]1(C)[C@@H](Nc1c(C(N)=O)cnc3[nH]ccc13)C2. The fraction of sp³-hybridized carbons (Fsp3) is 0.556. The number of nitrogens with one attached hydrogen (secondary N) is 2. The van der Waals surface area contributed by atoms with Gasteiger partial charge in [0.1, 0.15) is 5.65 Å². The number of hydrogen-bond donors (Lipinski definition) is 3. The second-order valence-corrected chi connectivity index (χ2v) is 7.96. The van der Waals surface area contributed by atoms with Crippen LogP contribution in [0.1, 0.15) is 50.4 Å². The van der Waals surface area contributed by atoms with Gasteiger partial charge in [-0.05, 0) is 42.1 Å². The molecule has 5 nitrogen and oxygen atoms in total. The zero-order chi connectivity index (χ0) is 16.4. The highest BCUT2D eigenvalue weighted by molar-refractivity contribution is 6.06. The van der Waals surface area contributed by atoms with Gasteiger partial charge in [-0.15, -0.1) is 0 Å². The smallest absolute Gasteiger partial charge is 0.252 e. The number of pyridine rings is 1. The van der Waals surface area contributed by atoms with Crippen LogP contribution >= 0.6 is 0 Å². The summed E-state index contributed by atoms with van der Waals surface area (Å²) in [5.74, 6) is 0.307. The lowest BCUT2D eigenvalue weighted by atomic mass is 9.69. The van der Waals surface area contributed by atoms with Gasteiger partial charge in [0.2, 0.25) is 0 Å². The summed E-state index contributed by atoms with van der Waals surface area (Å²) in [6, 6.07) is 2.31. The Labute approximate surface area is 136 Å². The van der Waals surface area contributed by atoms with E-state index in [9.17, 15) is 4.79 Å². The third-order valence-corrected chi connectivity index (χ3v) is 6.96. The number of nitrogens with two attached hydrogens (primary N) is 1. The van der Waals surface area contributed by atoms with Crippen molar-refractivity contribution < 1.29 is 4.79 Å². The zero-order valence-electron chi connectivity index (χ0n) is 13.9. The molecule has 2 aliphatic rings. The Kier molecular flexibility index (Phi) is 2.84. The van der Waals surface area contributed by atoms with Crippen LogP contribution in [0.25, 0.3) is 11.0 Å². The van der Waals surface area contributed by atoms with Crippen LogP contribution in [-0.4, -0.2) is 21.9 Å². The molecule has 2 aromatic rings. The zero-order valence-corrected chi connectivity index (χ0v) is 13.9. The summed E-state index contributed by atoms with van der Waals surface area (Å²) in [5.41, 5.74) is 8.23. The normalized spacial score (nSPS) is 31.6. The van der Waals surface area contributed by atoms with Crippen LogP contribution < -0.4 is 11.1 Å². The molecule has 122 valence electrons. The lowest BCUT2D eigenvalue weighted by Gasteiger charge is -2.40. The van der Waals surface area contributed by atoms with E-state index < -0.39 is 5.91 Å². The molecule has 1 amide bonds. The quantitative estimate of drug-likeness (QED) is 0.813. The molecule has 23 heavy (non-hydrogen) atoms. The molecule has 0 radical (unpaired) electrons. The van der Waals surface area contributed by atoms with E-state index >= 15 is 0 Å². The Morgan fingerprint density at radius 1 is 1.43 bits per heavy atom. The van der Waals surface area contributed by atoms with E-state index in [4.69, 9.17) is 5.73 Å². The summed E-state index contributed by atoms with van der Waals surface area (Å²) in [5, 5.41) is 4.62. The monoisotopic (exact) mass is 312 g/mol. The van der Waals surface area contributed by atoms with E-state index in [1.807, 2.05) is 12.3 Å². The molecule has 0 spiro atoms. The number of anilines is 1. The number of amides is 1. The minimum Gasteiger partial charge on any atom is -0.380 e. The number of aromatic nitrogens is 2. The third-order valence-electron chi connectivity index (χ3n) is 6.96. The second kappa shape index (κ2) is 4.49.